The van der Waals surface area contributed by atoms with Crippen LogP contribution in [-0.2, 0) is 14.3 Å². The van der Waals surface area contributed by atoms with Crippen molar-refractivity contribution in [1.29, 1.82) is 0 Å². The quantitative estimate of drug-likeness (QED) is 0.267. The molecule has 0 bridgehead atoms. The third kappa shape index (κ3) is 5.37. The molecule has 0 aliphatic heterocycles. The Labute approximate surface area is 213 Å². The molecule has 3 fully saturated rings. The molecule has 4 nitrogen and oxygen atoms in total. The van der Waals surface area contributed by atoms with Gasteiger partial charge in [0.15, 0.2) is 0 Å². The Balaban J connectivity index is 1.40. The summed E-state index contributed by atoms with van der Waals surface area (Å²) in [5.41, 5.74) is 2.27. The highest BCUT2D eigenvalue weighted by Crippen LogP contribution is 2.67. The second-order valence-electron chi connectivity index (χ2n) is 13.5. The molecule has 3 unspecified atom stereocenters. The Morgan fingerprint density at radius 2 is 1.80 bits per heavy atom. The summed E-state index contributed by atoms with van der Waals surface area (Å²) in [6, 6.07) is 0. The van der Waals surface area contributed by atoms with Crippen molar-refractivity contribution in [3.8, 4) is 0 Å². The minimum atomic E-state index is -0.942. The fourth-order valence-corrected chi connectivity index (χ4v) is 9.21. The normalized spacial score (nSPS) is 39.3. The van der Waals surface area contributed by atoms with E-state index in [9.17, 15) is 9.59 Å². The lowest BCUT2D eigenvalue weighted by atomic mass is 9.47. The van der Waals surface area contributed by atoms with Crippen molar-refractivity contribution >= 4 is 11.9 Å². The van der Waals surface area contributed by atoms with Gasteiger partial charge in [0.2, 0.25) is 0 Å². The molecule has 0 aromatic carbocycles. The molecule has 0 aromatic heterocycles. The number of carboxylic acids is 1. The van der Waals surface area contributed by atoms with Crippen molar-refractivity contribution in [3.05, 3.63) is 11.6 Å². The summed E-state index contributed by atoms with van der Waals surface area (Å²) >= 11 is 0. The molecule has 4 aliphatic rings. The maximum atomic E-state index is 12.1. The second kappa shape index (κ2) is 10.6. The number of aliphatic carboxylic acids is 1. The van der Waals surface area contributed by atoms with E-state index in [1.54, 1.807) is 0 Å². The van der Waals surface area contributed by atoms with Gasteiger partial charge in [-0.05, 0) is 91.3 Å². The smallest absolute Gasteiger partial charge is 0.306 e. The molecule has 4 rings (SSSR count). The van der Waals surface area contributed by atoms with E-state index < -0.39 is 5.97 Å². The van der Waals surface area contributed by atoms with Crippen molar-refractivity contribution < 1.29 is 19.4 Å². The number of hydrogen-bond acceptors (Lipinski definition) is 3. The fourth-order valence-electron chi connectivity index (χ4n) is 9.21. The average molecular weight is 487 g/mol. The van der Waals surface area contributed by atoms with Crippen LogP contribution in [0.3, 0.4) is 0 Å². The summed E-state index contributed by atoms with van der Waals surface area (Å²) in [4.78, 5) is 22.9. The number of carbonyl (C=O) groups excluding carboxylic acids is 1. The predicted molar refractivity (Wildman–Crippen MR) is 140 cm³/mol. The average Bonchev–Trinajstić information content (AvgIpc) is 3.15. The number of fused-ring (bicyclic) bond motifs is 5. The highest BCUT2D eigenvalue weighted by Gasteiger charge is 2.59. The third-order valence-electron chi connectivity index (χ3n) is 11.1. The lowest BCUT2D eigenvalue weighted by Crippen LogP contribution is -2.51. The van der Waals surface area contributed by atoms with E-state index in [1.165, 1.54) is 56.9 Å². The Morgan fingerprint density at radius 1 is 1.03 bits per heavy atom. The molecule has 0 saturated heterocycles. The zero-order valence-electron chi connectivity index (χ0n) is 23.0. The molecular formula is C31H50O4. The van der Waals surface area contributed by atoms with Crippen LogP contribution in [0.25, 0.3) is 0 Å². The minimum absolute atomic E-state index is 0.0236. The molecule has 35 heavy (non-hydrogen) atoms. The van der Waals surface area contributed by atoms with E-state index in [-0.39, 0.29) is 30.3 Å². The molecule has 4 heteroatoms. The summed E-state index contributed by atoms with van der Waals surface area (Å²) in [5.74, 6) is 3.68. The van der Waals surface area contributed by atoms with Crippen molar-refractivity contribution in [2.45, 2.75) is 124 Å². The number of esters is 1. The van der Waals surface area contributed by atoms with E-state index in [0.717, 1.165) is 54.8 Å². The lowest BCUT2D eigenvalue weighted by molar-refractivity contribution is -0.154. The molecular weight excluding hydrogens is 436 g/mol. The third-order valence-corrected chi connectivity index (χ3v) is 11.1. The first-order valence-corrected chi connectivity index (χ1v) is 14.7. The molecule has 0 aromatic rings. The standard InChI is InChI=1S/C31H50O4/c1-20(2)7-6-8-21(3)25-11-12-26-24-10-9-22-19-23(35-29(34)14-13-28(32)33)15-17-30(22,4)27(24)16-18-31(25,26)5/h9,20-21,23-27H,6-8,10-19H2,1-5H3,(H,32,33)/t21-,23?,24+,25-,26?,27?,30+,31-/m1/s1. The maximum Gasteiger partial charge on any atom is 0.306 e. The highest BCUT2D eigenvalue weighted by molar-refractivity contribution is 5.76. The van der Waals surface area contributed by atoms with Crippen LogP contribution >= 0.6 is 0 Å². The maximum absolute atomic E-state index is 12.1. The summed E-state index contributed by atoms with van der Waals surface area (Å²) in [5, 5.41) is 8.84. The van der Waals surface area contributed by atoms with Gasteiger partial charge < -0.3 is 9.84 Å². The van der Waals surface area contributed by atoms with E-state index in [4.69, 9.17) is 9.84 Å². The second-order valence-corrected chi connectivity index (χ2v) is 13.5. The SMILES string of the molecule is CC(C)CCC[C@@H](C)[C@H]1CCC2[C@@H]3CC=C4CC(OC(=O)CCC(=O)O)CC[C@]4(C)C3CC[C@@]21C. The van der Waals surface area contributed by atoms with Gasteiger partial charge in [-0.15, -0.1) is 0 Å². The van der Waals surface area contributed by atoms with E-state index in [1.807, 2.05) is 0 Å². The van der Waals surface area contributed by atoms with Gasteiger partial charge in [0, 0.05) is 6.42 Å². The van der Waals surface area contributed by atoms with Gasteiger partial charge >= 0.3 is 11.9 Å². The summed E-state index contributed by atoms with van der Waals surface area (Å²) < 4.78 is 5.70. The molecule has 0 amide bonds. The van der Waals surface area contributed by atoms with E-state index >= 15 is 0 Å². The molecule has 4 aliphatic carbocycles. The summed E-state index contributed by atoms with van der Waals surface area (Å²) in [7, 11) is 0. The molecule has 1 N–H and O–H groups in total. The van der Waals surface area contributed by atoms with Gasteiger partial charge in [-0.25, -0.2) is 0 Å². The molecule has 3 saturated carbocycles. The van der Waals surface area contributed by atoms with Crippen LogP contribution in [-0.4, -0.2) is 23.1 Å². The topological polar surface area (TPSA) is 63.6 Å². The van der Waals surface area contributed by atoms with Crippen LogP contribution in [0.15, 0.2) is 11.6 Å². The van der Waals surface area contributed by atoms with Gasteiger partial charge in [-0.3, -0.25) is 9.59 Å². The molecule has 198 valence electrons. The number of rotatable bonds is 9. The molecule has 8 atom stereocenters. The molecule has 0 spiro atoms. The molecule has 0 radical (unpaired) electrons. The van der Waals surface area contributed by atoms with Crippen LogP contribution < -0.4 is 0 Å². The number of carbonyl (C=O) groups is 2. The zero-order chi connectivity index (χ0) is 25.4. The van der Waals surface area contributed by atoms with Crippen molar-refractivity contribution in [2.24, 2.45) is 46.3 Å². The van der Waals surface area contributed by atoms with Crippen LogP contribution in [0, 0.1) is 46.3 Å². The molecule has 0 heterocycles. The Morgan fingerprint density at radius 3 is 2.51 bits per heavy atom. The van der Waals surface area contributed by atoms with Gasteiger partial charge in [0.25, 0.3) is 0 Å². The Hall–Kier alpha value is -1.32. The fraction of sp³-hybridized carbons (Fsp3) is 0.871. The number of hydrogen-bond donors (Lipinski definition) is 1. The first-order chi connectivity index (χ1) is 16.5. The largest absolute Gasteiger partial charge is 0.481 e. The lowest BCUT2D eigenvalue weighted by Gasteiger charge is -2.58. The van der Waals surface area contributed by atoms with Gasteiger partial charge in [0.1, 0.15) is 6.10 Å². The number of ether oxygens (including phenoxy) is 1. The predicted octanol–water partition coefficient (Wildman–Crippen LogP) is 7.80. The van der Waals surface area contributed by atoms with E-state index in [2.05, 4.69) is 40.7 Å². The first kappa shape index (κ1) is 26.7. The summed E-state index contributed by atoms with van der Waals surface area (Å²) in [6.45, 7) is 12.4. The van der Waals surface area contributed by atoms with Gasteiger partial charge in [-0.1, -0.05) is 65.5 Å². The van der Waals surface area contributed by atoms with Crippen LogP contribution in [0.2, 0.25) is 0 Å². The van der Waals surface area contributed by atoms with Gasteiger partial charge in [-0.2, -0.15) is 0 Å². The van der Waals surface area contributed by atoms with Crippen molar-refractivity contribution in [1.82, 2.24) is 0 Å². The zero-order valence-corrected chi connectivity index (χ0v) is 23.0. The Bertz CT molecular complexity index is 815. The van der Waals surface area contributed by atoms with Crippen LogP contribution in [0.1, 0.15) is 118 Å². The van der Waals surface area contributed by atoms with Gasteiger partial charge in [0.05, 0.1) is 12.8 Å². The van der Waals surface area contributed by atoms with Crippen molar-refractivity contribution in [3.63, 3.8) is 0 Å². The monoisotopic (exact) mass is 486 g/mol. The number of carboxylic acid groups (broad SMARTS) is 1. The first-order valence-electron chi connectivity index (χ1n) is 14.7. The van der Waals surface area contributed by atoms with Crippen LogP contribution in [0.5, 0.6) is 0 Å². The minimum Gasteiger partial charge on any atom is -0.481 e. The number of allylic oxidation sites excluding steroid dienone is 1. The van der Waals surface area contributed by atoms with Crippen molar-refractivity contribution in [2.75, 3.05) is 0 Å². The van der Waals surface area contributed by atoms with E-state index in [0.29, 0.717) is 5.41 Å². The summed E-state index contributed by atoms with van der Waals surface area (Å²) in [6.07, 6.45) is 16.0. The van der Waals surface area contributed by atoms with Crippen LogP contribution in [0.4, 0.5) is 0 Å². The Kier molecular flexibility index (Phi) is 8.08. The highest BCUT2D eigenvalue weighted by atomic mass is 16.5.